The average Bonchev–Trinajstić information content (AvgIpc) is 2.62. The number of carbonyl (C=O) groups excluding carboxylic acids is 2. The Balaban J connectivity index is 2.89. The Morgan fingerprint density at radius 3 is 2.23 bits per heavy atom. The standard InChI is InChI=1S/C19H26F3NO3/c1-4-5-6-7-12-23(13-14(2)18(25)26-3)17(24)15-8-10-16(11-9-15)19(20,21)22/h8-11,14H,4-7,12-13H2,1-3H3. The Hall–Kier alpha value is -2.05. The van der Waals surface area contributed by atoms with E-state index in [1.165, 1.54) is 24.1 Å². The fourth-order valence-electron chi connectivity index (χ4n) is 2.60. The van der Waals surface area contributed by atoms with E-state index in [9.17, 15) is 22.8 Å². The monoisotopic (exact) mass is 373 g/mol. The van der Waals surface area contributed by atoms with Crippen molar-refractivity contribution in [3.05, 3.63) is 35.4 Å². The molecule has 0 heterocycles. The Morgan fingerprint density at radius 2 is 1.73 bits per heavy atom. The first kappa shape index (κ1) is 22.0. The molecular formula is C19H26F3NO3. The number of hydrogen-bond donors (Lipinski definition) is 0. The van der Waals surface area contributed by atoms with E-state index in [0.717, 1.165) is 37.8 Å². The number of esters is 1. The van der Waals surface area contributed by atoms with Crippen LogP contribution in [-0.2, 0) is 15.7 Å². The molecule has 146 valence electrons. The number of ether oxygens (including phenoxy) is 1. The van der Waals surface area contributed by atoms with Gasteiger partial charge in [0.15, 0.2) is 0 Å². The van der Waals surface area contributed by atoms with Crippen molar-refractivity contribution < 1.29 is 27.5 Å². The molecule has 0 saturated carbocycles. The Kier molecular flexibility index (Phi) is 8.61. The number of benzene rings is 1. The third kappa shape index (κ3) is 6.69. The summed E-state index contributed by atoms with van der Waals surface area (Å²) < 4.78 is 42.7. The quantitative estimate of drug-likeness (QED) is 0.472. The molecule has 0 fully saturated rings. The van der Waals surface area contributed by atoms with Crippen LogP contribution in [-0.4, -0.2) is 37.0 Å². The minimum absolute atomic E-state index is 0.165. The third-order valence-electron chi connectivity index (χ3n) is 4.13. The van der Waals surface area contributed by atoms with E-state index in [1.54, 1.807) is 6.92 Å². The minimum atomic E-state index is -4.44. The highest BCUT2D eigenvalue weighted by Gasteiger charge is 2.30. The molecule has 1 rings (SSSR count). The highest BCUT2D eigenvalue weighted by atomic mass is 19.4. The van der Waals surface area contributed by atoms with Gasteiger partial charge in [-0.15, -0.1) is 0 Å². The van der Waals surface area contributed by atoms with Gasteiger partial charge in [-0.2, -0.15) is 13.2 Å². The normalized spacial score (nSPS) is 12.5. The van der Waals surface area contributed by atoms with Gasteiger partial charge in [0.2, 0.25) is 0 Å². The van der Waals surface area contributed by atoms with Gasteiger partial charge in [0.05, 0.1) is 18.6 Å². The number of nitrogens with zero attached hydrogens (tertiary/aromatic N) is 1. The molecule has 0 aliphatic rings. The number of amides is 1. The summed E-state index contributed by atoms with van der Waals surface area (Å²) in [6, 6.07) is 4.14. The van der Waals surface area contributed by atoms with Crippen LogP contribution in [0.15, 0.2) is 24.3 Å². The van der Waals surface area contributed by atoms with E-state index >= 15 is 0 Å². The van der Waals surface area contributed by atoms with Crippen LogP contribution in [0, 0.1) is 5.92 Å². The molecule has 1 unspecified atom stereocenters. The van der Waals surface area contributed by atoms with Crippen molar-refractivity contribution in [2.45, 2.75) is 45.7 Å². The zero-order valence-electron chi connectivity index (χ0n) is 15.4. The maximum absolute atomic E-state index is 12.7. The molecule has 0 bridgehead atoms. The van der Waals surface area contributed by atoms with Gasteiger partial charge in [-0.3, -0.25) is 9.59 Å². The molecule has 1 amide bonds. The van der Waals surface area contributed by atoms with E-state index in [-0.39, 0.29) is 18.0 Å². The number of hydrogen-bond acceptors (Lipinski definition) is 3. The molecule has 0 aliphatic carbocycles. The summed E-state index contributed by atoms with van der Waals surface area (Å²) in [5.41, 5.74) is -0.628. The molecule has 7 heteroatoms. The van der Waals surface area contributed by atoms with Crippen molar-refractivity contribution in [2.75, 3.05) is 20.2 Å². The van der Waals surface area contributed by atoms with Gasteiger partial charge in [0, 0.05) is 18.7 Å². The molecule has 0 aromatic heterocycles. The van der Waals surface area contributed by atoms with Crippen LogP contribution in [0.1, 0.15) is 55.5 Å². The second-order valence-electron chi connectivity index (χ2n) is 6.31. The summed E-state index contributed by atoms with van der Waals surface area (Å²) >= 11 is 0. The van der Waals surface area contributed by atoms with Crippen LogP contribution in [0.25, 0.3) is 0 Å². The van der Waals surface area contributed by atoms with Crippen LogP contribution in [0.4, 0.5) is 13.2 Å². The van der Waals surface area contributed by atoms with Crippen LogP contribution in [0.3, 0.4) is 0 Å². The fourth-order valence-corrected chi connectivity index (χ4v) is 2.60. The van der Waals surface area contributed by atoms with E-state index in [1.807, 2.05) is 0 Å². The first-order valence-electron chi connectivity index (χ1n) is 8.75. The molecule has 1 aromatic carbocycles. The fraction of sp³-hybridized carbons (Fsp3) is 0.579. The molecule has 0 spiro atoms. The van der Waals surface area contributed by atoms with E-state index in [0.29, 0.717) is 6.54 Å². The van der Waals surface area contributed by atoms with Gasteiger partial charge in [0.25, 0.3) is 5.91 Å². The van der Waals surface area contributed by atoms with Crippen LogP contribution in [0.2, 0.25) is 0 Å². The van der Waals surface area contributed by atoms with Crippen LogP contribution >= 0.6 is 0 Å². The van der Waals surface area contributed by atoms with Crippen molar-refractivity contribution in [3.63, 3.8) is 0 Å². The van der Waals surface area contributed by atoms with Gasteiger partial charge in [-0.1, -0.05) is 33.1 Å². The summed E-state index contributed by atoms with van der Waals surface area (Å²) in [7, 11) is 1.28. The molecule has 0 saturated heterocycles. The molecule has 1 aromatic rings. The first-order valence-corrected chi connectivity index (χ1v) is 8.75. The molecule has 0 radical (unpaired) electrons. The molecule has 0 aliphatic heterocycles. The van der Waals surface area contributed by atoms with Crippen molar-refractivity contribution >= 4 is 11.9 Å². The largest absolute Gasteiger partial charge is 0.469 e. The van der Waals surface area contributed by atoms with E-state index in [4.69, 9.17) is 4.74 Å². The third-order valence-corrected chi connectivity index (χ3v) is 4.13. The van der Waals surface area contributed by atoms with Crippen molar-refractivity contribution in [3.8, 4) is 0 Å². The number of unbranched alkanes of at least 4 members (excludes halogenated alkanes) is 3. The maximum Gasteiger partial charge on any atom is 0.416 e. The smallest absolute Gasteiger partial charge is 0.416 e. The predicted octanol–water partition coefficient (Wildman–Crippen LogP) is 4.54. The average molecular weight is 373 g/mol. The first-order chi connectivity index (χ1) is 12.2. The second-order valence-corrected chi connectivity index (χ2v) is 6.31. The lowest BCUT2D eigenvalue weighted by atomic mass is 10.1. The minimum Gasteiger partial charge on any atom is -0.469 e. The Morgan fingerprint density at radius 1 is 1.12 bits per heavy atom. The topological polar surface area (TPSA) is 46.6 Å². The van der Waals surface area contributed by atoms with Gasteiger partial charge in [0.1, 0.15) is 0 Å². The summed E-state index contributed by atoms with van der Waals surface area (Å²) in [6.07, 6.45) is -0.644. The van der Waals surface area contributed by atoms with Crippen molar-refractivity contribution in [2.24, 2.45) is 5.92 Å². The lowest BCUT2D eigenvalue weighted by Gasteiger charge is -2.25. The SMILES string of the molecule is CCCCCCN(CC(C)C(=O)OC)C(=O)c1ccc(C(F)(F)F)cc1. The zero-order chi connectivity index (χ0) is 19.7. The van der Waals surface area contributed by atoms with Gasteiger partial charge in [-0.05, 0) is 30.7 Å². The van der Waals surface area contributed by atoms with Gasteiger partial charge >= 0.3 is 12.1 Å². The highest BCUT2D eigenvalue weighted by Crippen LogP contribution is 2.29. The summed E-state index contributed by atoms with van der Waals surface area (Å²) in [6.45, 7) is 4.34. The Bertz CT molecular complexity index is 585. The lowest BCUT2D eigenvalue weighted by molar-refractivity contribution is -0.145. The van der Waals surface area contributed by atoms with Gasteiger partial charge < -0.3 is 9.64 Å². The van der Waals surface area contributed by atoms with Crippen molar-refractivity contribution in [1.82, 2.24) is 4.90 Å². The highest BCUT2D eigenvalue weighted by molar-refractivity contribution is 5.94. The van der Waals surface area contributed by atoms with Crippen LogP contribution in [0.5, 0.6) is 0 Å². The predicted molar refractivity (Wildman–Crippen MR) is 92.7 cm³/mol. The summed E-state index contributed by atoms with van der Waals surface area (Å²) in [4.78, 5) is 25.9. The number of halogens is 3. The van der Waals surface area contributed by atoms with E-state index < -0.39 is 23.6 Å². The zero-order valence-corrected chi connectivity index (χ0v) is 15.4. The summed E-state index contributed by atoms with van der Waals surface area (Å²) in [5, 5.41) is 0. The van der Waals surface area contributed by atoms with Crippen molar-refractivity contribution in [1.29, 1.82) is 0 Å². The number of rotatable bonds is 9. The lowest BCUT2D eigenvalue weighted by Crippen LogP contribution is -2.38. The molecular weight excluding hydrogens is 347 g/mol. The molecule has 0 N–H and O–H groups in total. The number of methoxy groups -OCH3 is 1. The Labute approximate surface area is 152 Å². The number of alkyl halides is 3. The molecule has 1 atom stereocenters. The summed E-state index contributed by atoms with van der Waals surface area (Å²) in [5.74, 6) is -1.32. The second kappa shape index (κ2) is 10.2. The molecule has 26 heavy (non-hydrogen) atoms. The number of carbonyl (C=O) groups is 2. The maximum atomic E-state index is 12.7. The molecule has 4 nitrogen and oxygen atoms in total. The van der Waals surface area contributed by atoms with Crippen LogP contribution < -0.4 is 0 Å². The van der Waals surface area contributed by atoms with E-state index in [2.05, 4.69) is 6.92 Å². The van der Waals surface area contributed by atoms with Gasteiger partial charge in [-0.25, -0.2) is 0 Å².